The highest BCUT2D eigenvalue weighted by molar-refractivity contribution is 5.85. The lowest BCUT2D eigenvalue weighted by molar-refractivity contribution is 0.756. The maximum absolute atomic E-state index is 11.7. The quantitative estimate of drug-likeness (QED) is 0.678. The number of rotatable bonds is 5. The lowest BCUT2D eigenvalue weighted by atomic mass is 10.1. The van der Waals surface area contributed by atoms with Crippen LogP contribution in [0.1, 0.15) is 19.4 Å². The fourth-order valence-corrected chi connectivity index (χ4v) is 2.01. The van der Waals surface area contributed by atoms with Crippen LogP contribution < -0.4 is 16.3 Å². The highest BCUT2D eigenvalue weighted by atomic mass is 16.2. The summed E-state index contributed by atoms with van der Waals surface area (Å²) in [5.74, 6) is 0.379. The van der Waals surface area contributed by atoms with Gasteiger partial charge in [-0.15, -0.1) is 0 Å². The molecule has 0 aliphatic carbocycles. The highest BCUT2D eigenvalue weighted by Gasteiger charge is 2.06. The van der Waals surface area contributed by atoms with Crippen molar-refractivity contribution in [3.05, 3.63) is 68.4 Å². The third-order valence-corrected chi connectivity index (χ3v) is 3.30. The molecule has 0 radical (unpaired) electrons. The van der Waals surface area contributed by atoms with E-state index >= 15 is 0 Å². The van der Waals surface area contributed by atoms with Gasteiger partial charge in [-0.05, 0) is 25.0 Å². The van der Waals surface area contributed by atoms with E-state index in [1.165, 1.54) is 13.1 Å². The molecular weight excluding hydrogens is 292 g/mol. The zero-order valence-electron chi connectivity index (χ0n) is 13.5. The van der Waals surface area contributed by atoms with Crippen molar-refractivity contribution in [2.45, 2.75) is 13.8 Å². The van der Waals surface area contributed by atoms with E-state index in [1.54, 1.807) is 11.2 Å². The van der Waals surface area contributed by atoms with Gasteiger partial charge < -0.3 is 0 Å². The summed E-state index contributed by atoms with van der Waals surface area (Å²) in [6, 6.07) is 11.3. The number of aromatic amines is 1. The first kappa shape index (κ1) is 16.5. The fraction of sp³-hybridized carbons (Fsp3) is 0.235. The average molecular weight is 312 g/mol. The number of allylic oxidation sites excluding steroid dienone is 1. The molecule has 1 N–H and O–H groups in total. The van der Waals surface area contributed by atoms with E-state index in [-0.39, 0.29) is 5.56 Å². The molecule has 0 saturated heterocycles. The number of benzene rings is 1. The van der Waals surface area contributed by atoms with E-state index in [1.807, 2.05) is 50.3 Å². The third-order valence-electron chi connectivity index (χ3n) is 3.30. The second-order valence-corrected chi connectivity index (χ2v) is 5.12. The van der Waals surface area contributed by atoms with Crippen LogP contribution in [0.25, 0.3) is 6.08 Å². The van der Waals surface area contributed by atoms with Crippen molar-refractivity contribution in [2.75, 3.05) is 11.6 Å². The Bertz CT molecular complexity index is 800. The Morgan fingerprint density at radius 3 is 2.61 bits per heavy atom. The molecule has 0 bridgehead atoms. The van der Waals surface area contributed by atoms with Gasteiger partial charge in [-0.1, -0.05) is 36.4 Å². The minimum Gasteiger partial charge on any atom is -0.292 e. The first-order valence-electron chi connectivity index (χ1n) is 7.36. The van der Waals surface area contributed by atoms with Gasteiger partial charge in [0.05, 0.1) is 6.21 Å². The number of nitrogens with one attached hydrogen (secondary N) is 1. The molecule has 0 amide bonds. The van der Waals surface area contributed by atoms with Crippen molar-refractivity contribution in [1.29, 1.82) is 0 Å². The van der Waals surface area contributed by atoms with Crippen LogP contribution in [0.4, 0.5) is 5.82 Å². The Kier molecular flexibility index (Phi) is 5.30. The molecule has 6 nitrogen and oxygen atoms in total. The fourth-order valence-electron chi connectivity index (χ4n) is 2.01. The number of anilines is 1. The van der Waals surface area contributed by atoms with E-state index in [2.05, 4.69) is 10.1 Å². The maximum atomic E-state index is 11.7. The predicted octanol–water partition coefficient (Wildman–Crippen LogP) is 1.99. The molecule has 0 fully saturated rings. The molecular formula is C17H20N4O2. The van der Waals surface area contributed by atoms with Crippen molar-refractivity contribution in [2.24, 2.45) is 12.1 Å². The topological polar surface area (TPSA) is 70.5 Å². The highest BCUT2D eigenvalue weighted by Crippen LogP contribution is 2.08. The zero-order valence-corrected chi connectivity index (χ0v) is 13.5. The smallest absolute Gasteiger partial charge is 0.292 e. The second kappa shape index (κ2) is 7.40. The van der Waals surface area contributed by atoms with E-state index in [4.69, 9.17) is 0 Å². The van der Waals surface area contributed by atoms with Gasteiger partial charge >= 0.3 is 5.69 Å². The molecule has 23 heavy (non-hydrogen) atoms. The molecule has 0 unspecified atom stereocenters. The molecule has 0 spiro atoms. The number of H-pyrrole nitrogens is 1. The number of nitrogens with zero attached hydrogens (tertiary/aromatic N) is 3. The van der Waals surface area contributed by atoms with Crippen molar-refractivity contribution in [3.8, 4) is 0 Å². The minimum absolute atomic E-state index is 0.367. The number of aromatic nitrogens is 2. The van der Waals surface area contributed by atoms with E-state index < -0.39 is 5.69 Å². The third kappa shape index (κ3) is 4.29. The molecule has 6 heteroatoms. The molecule has 0 saturated carbocycles. The zero-order chi connectivity index (χ0) is 16.8. The SMILES string of the molecule is CCN(N=CC(C)=Cc1ccccc1)c1cc(=O)n(C)c(=O)[nH]1. The Labute approximate surface area is 134 Å². The summed E-state index contributed by atoms with van der Waals surface area (Å²) in [6.07, 6.45) is 3.70. The summed E-state index contributed by atoms with van der Waals surface area (Å²) in [5.41, 5.74) is 1.22. The largest absolute Gasteiger partial charge is 0.329 e. The standard InChI is InChI=1S/C17H20N4O2/c1-4-21(15-11-16(22)20(3)17(23)19-15)18-12-13(2)10-14-8-6-5-7-9-14/h5-12H,4H2,1-3H3,(H,19,23). The van der Waals surface area contributed by atoms with Gasteiger partial charge in [0.25, 0.3) is 5.56 Å². The van der Waals surface area contributed by atoms with Crippen molar-refractivity contribution in [1.82, 2.24) is 9.55 Å². The molecule has 1 aromatic heterocycles. The van der Waals surface area contributed by atoms with Crippen molar-refractivity contribution < 1.29 is 0 Å². The number of hydrogen-bond acceptors (Lipinski definition) is 4. The van der Waals surface area contributed by atoms with Crippen LogP contribution in [-0.2, 0) is 7.05 Å². The molecule has 0 aliphatic rings. The molecule has 0 atom stereocenters. The molecule has 1 heterocycles. The minimum atomic E-state index is -0.460. The Morgan fingerprint density at radius 2 is 2.00 bits per heavy atom. The van der Waals surface area contributed by atoms with Crippen molar-refractivity contribution in [3.63, 3.8) is 0 Å². The molecule has 2 aromatic rings. The second-order valence-electron chi connectivity index (χ2n) is 5.12. The Morgan fingerprint density at radius 1 is 1.30 bits per heavy atom. The van der Waals surface area contributed by atoms with Crippen LogP contribution in [0.15, 0.2) is 56.7 Å². The van der Waals surface area contributed by atoms with Gasteiger partial charge in [-0.3, -0.25) is 14.3 Å². The van der Waals surface area contributed by atoms with Crippen LogP contribution in [-0.4, -0.2) is 22.3 Å². The molecule has 120 valence electrons. The molecule has 0 aliphatic heterocycles. The maximum Gasteiger partial charge on any atom is 0.329 e. The van der Waals surface area contributed by atoms with Crippen molar-refractivity contribution >= 4 is 18.1 Å². The van der Waals surface area contributed by atoms with Crippen LogP contribution in [0, 0.1) is 0 Å². The van der Waals surface area contributed by atoms with E-state index in [0.29, 0.717) is 12.4 Å². The summed E-state index contributed by atoms with van der Waals surface area (Å²) in [4.78, 5) is 26.0. The first-order valence-corrected chi connectivity index (χ1v) is 7.36. The van der Waals surface area contributed by atoms with Gasteiger partial charge in [0.15, 0.2) is 0 Å². The van der Waals surface area contributed by atoms with Crippen LogP contribution in [0.2, 0.25) is 0 Å². The first-order chi connectivity index (χ1) is 11.0. The monoisotopic (exact) mass is 312 g/mol. The van der Waals surface area contributed by atoms with E-state index in [0.717, 1.165) is 15.7 Å². The lowest BCUT2D eigenvalue weighted by Gasteiger charge is -2.16. The van der Waals surface area contributed by atoms with Crippen LogP contribution in [0.3, 0.4) is 0 Å². The van der Waals surface area contributed by atoms with Crippen LogP contribution >= 0.6 is 0 Å². The van der Waals surface area contributed by atoms with Gasteiger partial charge in [-0.2, -0.15) is 5.10 Å². The van der Waals surface area contributed by atoms with Gasteiger partial charge in [0.1, 0.15) is 5.82 Å². The summed E-state index contributed by atoms with van der Waals surface area (Å²) in [5, 5.41) is 5.92. The van der Waals surface area contributed by atoms with Crippen LogP contribution in [0.5, 0.6) is 0 Å². The lowest BCUT2D eigenvalue weighted by Crippen LogP contribution is -2.34. The van der Waals surface area contributed by atoms with Gasteiger partial charge in [0.2, 0.25) is 0 Å². The molecule has 1 aromatic carbocycles. The van der Waals surface area contributed by atoms with Gasteiger partial charge in [0, 0.05) is 19.7 Å². The summed E-state index contributed by atoms with van der Waals surface area (Å²) in [6.45, 7) is 4.36. The average Bonchev–Trinajstić information content (AvgIpc) is 2.54. The molecule has 2 rings (SSSR count). The number of hydrogen-bond donors (Lipinski definition) is 1. The Balaban J connectivity index is 2.24. The Hall–Kier alpha value is -2.89. The number of hydrazone groups is 1. The van der Waals surface area contributed by atoms with E-state index in [9.17, 15) is 9.59 Å². The normalized spacial score (nSPS) is 11.9. The summed E-state index contributed by atoms with van der Waals surface area (Å²) in [7, 11) is 1.43. The summed E-state index contributed by atoms with van der Waals surface area (Å²) >= 11 is 0. The predicted molar refractivity (Wildman–Crippen MR) is 93.9 cm³/mol. The summed E-state index contributed by atoms with van der Waals surface area (Å²) < 4.78 is 1.02. The van der Waals surface area contributed by atoms with Gasteiger partial charge in [-0.25, -0.2) is 9.80 Å².